The number of rotatable bonds is 8. The molecule has 1 aromatic heterocycles. The lowest BCUT2D eigenvalue weighted by molar-refractivity contribution is 0.253. The Morgan fingerprint density at radius 2 is 2.06 bits per heavy atom. The second kappa shape index (κ2) is 8.00. The first-order chi connectivity index (χ1) is 8.58. The lowest BCUT2D eigenvalue weighted by Gasteiger charge is -2.10. The molecule has 0 radical (unpaired) electrons. The molecule has 0 saturated carbocycles. The Kier molecular flexibility index (Phi) is 6.60. The van der Waals surface area contributed by atoms with E-state index in [9.17, 15) is 0 Å². The summed E-state index contributed by atoms with van der Waals surface area (Å²) in [5.74, 6) is 1.23. The van der Waals surface area contributed by atoms with Crippen molar-refractivity contribution >= 4 is 0 Å². The van der Waals surface area contributed by atoms with Gasteiger partial charge in [0.25, 0.3) is 0 Å². The Balaban J connectivity index is 2.28. The molecule has 1 heterocycles. The van der Waals surface area contributed by atoms with E-state index in [-0.39, 0.29) is 0 Å². The Hall–Kier alpha value is -1.20. The molecular formula is C13H24N4O. The Morgan fingerprint density at radius 1 is 1.28 bits per heavy atom. The second-order valence-electron chi connectivity index (χ2n) is 5.02. The number of likely N-dealkylation sites (N-methyl/N-ethyl adjacent to an activating group) is 1. The summed E-state index contributed by atoms with van der Waals surface area (Å²) < 4.78 is 5.48. The smallest absolute Gasteiger partial charge is 0.232 e. The van der Waals surface area contributed by atoms with Crippen molar-refractivity contribution in [2.24, 2.45) is 5.92 Å². The molecule has 1 rings (SSSR count). The van der Waals surface area contributed by atoms with E-state index >= 15 is 0 Å². The van der Waals surface area contributed by atoms with Crippen LogP contribution in [0.3, 0.4) is 0 Å². The highest BCUT2D eigenvalue weighted by molar-refractivity contribution is 5.07. The van der Waals surface area contributed by atoms with Crippen molar-refractivity contribution < 1.29 is 4.74 Å². The van der Waals surface area contributed by atoms with E-state index in [2.05, 4.69) is 34.0 Å². The van der Waals surface area contributed by atoms with Gasteiger partial charge in [0.05, 0.1) is 18.1 Å². The van der Waals surface area contributed by atoms with Crippen LogP contribution in [0, 0.1) is 5.92 Å². The summed E-state index contributed by atoms with van der Waals surface area (Å²) in [7, 11) is 4.02. The summed E-state index contributed by atoms with van der Waals surface area (Å²) in [5.41, 5.74) is 0.940. The number of aromatic nitrogens is 2. The first kappa shape index (κ1) is 14.9. The van der Waals surface area contributed by atoms with E-state index in [0.29, 0.717) is 18.4 Å². The molecule has 0 saturated heterocycles. The molecule has 0 aliphatic carbocycles. The molecule has 0 fully saturated rings. The highest BCUT2D eigenvalue weighted by Crippen LogP contribution is 2.03. The van der Waals surface area contributed by atoms with Crippen LogP contribution < -0.4 is 10.1 Å². The summed E-state index contributed by atoms with van der Waals surface area (Å²) in [6.45, 7) is 7.61. The third kappa shape index (κ3) is 6.51. The number of ether oxygens (including phenoxy) is 1. The van der Waals surface area contributed by atoms with Crippen LogP contribution in [0.5, 0.6) is 5.88 Å². The number of nitrogens with zero attached hydrogens (tertiary/aromatic N) is 3. The van der Waals surface area contributed by atoms with E-state index in [0.717, 1.165) is 25.3 Å². The van der Waals surface area contributed by atoms with Gasteiger partial charge in [0, 0.05) is 13.1 Å². The van der Waals surface area contributed by atoms with Crippen molar-refractivity contribution in [1.29, 1.82) is 0 Å². The van der Waals surface area contributed by atoms with Gasteiger partial charge >= 0.3 is 0 Å². The minimum absolute atomic E-state index is 0.587. The average molecular weight is 252 g/mol. The lowest BCUT2D eigenvalue weighted by Crippen LogP contribution is -2.20. The van der Waals surface area contributed by atoms with Crippen LogP contribution >= 0.6 is 0 Å². The maximum atomic E-state index is 5.48. The fourth-order valence-corrected chi connectivity index (χ4v) is 1.33. The minimum atomic E-state index is 0.587. The Bertz CT molecular complexity index is 291. The average Bonchev–Trinajstić information content (AvgIpc) is 2.30. The van der Waals surface area contributed by atoms with Gasteiger partial charge in [0.2, 0.25) is 5.88 Å². The summed E-state index contributed by atoms with van der Waals surface area (Å²) in [5, 5.41) is 3.33. The van der Waals surface area contributed by atoms with Crippen molar-refractivity contribution in [1.82, 2.24) is 20.2 Å². The molecule has 5 heteroatoms. The number of nitrogens with one attached hydrogen (secondary N) is 1. The van der Waals surface area contributed by atoms with Gasteiger partial charge in [-0.2, -0.15) is 0 Å². The zero-order chi connectivity index (χ0) is 13.4. The maximum absolute atomic E-state index is 5.48. The minimum Gasteiger partial charge on any atom is -0.475 e. The van der Waals surface area contributed by atoms with Crippen LogP contribution in [0.1, 0.15) is 19.5 Å². The van der Waals surface area contributed by atoms with Crippen molar-refractivity contribution in [3.63, 3.8) is 0 Å². The van der Waals surface area contributed by atoms with E-state index in [1.54, 1.807) is 12.4 Å². The zero-order valence-corrected chi connectivity index (χ0v) is 11.8. The lowest BCUT2D eigenvalue weighted by atomic mass is 10.2. The molecule has 0 amide bonds. The molecule has 0 aliphatic heterocycles. The second-order valence-corrected chi connectivity index (χ2v) is 5.02. The van der Waals surface area contributed by atoms with Crippen molar-refractivity contribution in [2.45, 2.75) is 20.4 Å². The van der Waals surface area contributed by atoms with E-state index in [1.165, 1.54) is 0 Å². The molecule has 0 bridgehead atoms. The molecule has 1 N–H and O–H groups in total. The molecular weight excluding hydrogens is 228 g/mol. The van der Waals surface area contributed by atoms with Crippen LogP contribution in [0.25, 0.3) is 0 Å². The molecule has 5 nitrogen and oxygen atoms in total. The summed E-state index contributed by atoms with van der Waals surface area (Å²) >= 11 is 0. The predicted molar refractivity (Wildman–Crippen MR) is 72.6 cm³/mol. The molecule has 18 heavy (non-hydrogen) atoms. The highest BCUT2D eigenvalue weighted by Gasteiger charge is 2.00. The zero-order valence-electron chi connectivity index (χ0n) is 11.8. The van der Waals surface area contributed by atoms with Gasteiger partial charge in [-0.3, -0.25) is 4.98 Å². The van der Waals surface area contributed by atoms with Gasteiger partial charge in [0.15, 0.2) is 0 Å². The van der Waals surface area contributed by atoms with Crippen molar-refractivity contribution in [3.8, 4) is 5.88 Å². The summed E-state index contributed by atoms with van der Waals surface area (Å²) in [4.78, 5) is 10.6. The fourth-order valence-electron chi connectivity index (χ4n) is 1.33. The third-order valence-corrected chi connectivity index (χ3v) is 2.33. The van der Waals surface area contributed by atoms with Crippen LogP contribution in [-0.2, 0) is 6.54 Å². The first-order valence-corrected chi connectivity index (χ1v) is 6.37. The molecule has 0 aromatic carbocycles. The Morgan fingerprint density at radius 3 is 2.61 bits per heavy atom. The standard InChI is InChI=1S/C13H24N4O/c1-11(2)7-14-8-12-9-16-13(10-15-12)18-6-5-17(3)4/h9-11,14H,5-8H2,1-4H3. The van der Waals surface area contributed by atoms with Gasteiger partial charge in [-0.1, -0.05) is 13.8 Å². The molecule has 102 valence electrons. The van der Waals surface area contributed by atoms with Gasteiger partial charge in [-0.15, -0.1) is 0 Å². The van der Waals surface area contributed by atoms with E-state index in [1.807, 2.05) is 14.1 Å². The van der Waals surface area contributed by atoms with Gasteiger partial charge < -0.3 is 15.0 Å². The number of hydrogen-bond donors (Lipinski definition) is 1. The van der Waals surface area contributed by atoms with E-state index < -0.39 is 0 Å². The summed E-state index contributed by atoms with van der Waals surface area (Å²) in [6, 6.07) is 0. The largest absolute Gasteiger partial charge is 0.475 e. The van der Waals surface area contributed by atoms with Crippen LogP contribution in [-0.4, -0.2) is 48.7 Å². The van der Waals surface area contributed by atoms with Gasteiger partial charge in [0.1, 0.15) is 6.61 Å². The number of hydrogen-bond acceptors (Lipinski definition) is 5. The normalized spacial score (nSPS) is 11.2. The van der Waals surface area contributed by atoms with Crippen LogP contribution in [0.15, 0.2) is 12.4 Å². The van der Waals surface area contributed by atoms with Crippen molar-refractivity contribution in [2.75, 3.05) is 33.8 Å². The molecule has 0 spiro atoms. The van der Waals surface area contributed by atoms with Crippen LogP contribution in [0.2, 0.25) is 0 Å². The van der Waals surface area contributed by atoms with Gasteiger partial charge in [-0.05, 0) is 26.6 Å². The Labute approximate surface area is 110 Å². The molecule has 0 unspecified atom stereocenters. The maximum Gasteiger partial charge on any atom is 0.232 e. The fraction of sp³-hybridized carbons (Fsp3) is 0.692. The summed E-state index contributed by atoms with van der Waals surface area (Å²) in [6.07, 6.45) is 3.44. The van der Waals surface area contributed by atoms with Crippen LogP contribution in [0.4, 0.5) is 0 Å². The van der Waals surface area contributed by atoms with E-state index in [4.69, 9.17) is 4.74 Å². The quantitative estimate of drug-likeness (QED) is 0.752. The first-order valence-electron chi connectivity index (χ1n) is 6.37. The highest BCUT2D eigenvalue weighted by atomic mass is 16.5. The molecule has 0 atom stereocenters. The van der Waals surface area contributed by atoms with Gasteiger partial charge in [-0.25, -0.2) is 4.98 Å². The third-order valence-electron chi connectivity index (χ3n) is 2.33. The topological polar surface area (TPSA) is 50.3 Å². The predicted octanol–water partition coefficient (Wildman–Crippen LogP) is 1.16. The van der Waals surface area contributed by atoms with Crippen molar-refractivity contribution in [3.05, 3.63) is 18.1 Å². The molecule has 0 aliphatic rings. The SMILES string of the molecule is CC(C)CNCc1cnc(OCCN(C)C)cn1. The monoisotopic (exact) mass is 252 g/mol. The molecule has 1 aromatic rings.